The molecule has 0 saturated heterocycles. The third-order valence-electron chi connectivity index (χ3n) is 2.59. The molecule has 8 heteroatoms. The minimum Gasteiger partial charge on any atom is -0.482 e. The average molecular weight is 392 g/mol. The van der Waals surface area contributed by atoms with Crippen LogP contribution in [0.5, 0.6) is 5.75 Å². The molecule has 2 rings (SSSR count). The molecular weight excluding hydrogens is 382 g/mol. The number of nitrogens with one attached hydrogen (secondary N) is 1. The highest BCUT2D eigenvalue weighted by Crippen LogP contribution is 2.33. The van der Waals surface area contributed by atoms with E-state index < -0.39 is 5.91 Å². The molecule has 0 aliphatic rings. The number of hydrogen-bond acceptors (Lipinski definition) is 3. The highest BCUT2D eigenvalue weighted by atomic mass is 35.5. The van der Waals surface area contributed by atoms with Crippen molar-refractivity contribution in [2.24, 2.45) is 5.10 Å². The van der Waals surface area contributed by atoms with Crippen LogP contribution in [0.2, 0.25) is 20.1 Å². The van der Waals surface area contributed by atoms with E-state index in [1.807, 2.05) is 0 Å². The second-order valence-corrected chi connectivity index (χ2v) is 5.99. The summed E-state index contributed by atoms with van der Waals surface area (Å²) in [4.78, 5) is 11.7. The Morgan fingerprint density at radius 2 is 1.83 bits per heavy atom. The van der Waals surface area contributed by atoms with Gasteiger partial charge in [-0.05, 0) is 23.8 Å². The largest absolute Gasteiger partial charge is 0.482 e. The molecular formula is C15H10Cl4N2O2. The lowest BCUT2D eigenvalue weighted by Crippen LogP contribution is -2.24. The quantitative estimate of drug-likeness (QED) is 0.450. The van der Waals surface area contributed by atoms with Crippen molar-refractivity contribution in [3.8, 4) is 5.75 Å². The van der Waals surface area contributed by atoms with Crippen LogP contribution in [0.25, 0.3) is 0 Å². The van der Waals surface area contributed by atoms with Crippen molar-refractivity contribution >= 4 is 58.5 Å². The summed E-state index contributed by atoms with van der Waals surface area (Å²) in [6.45, 7) is -0.273. The van der Waals surface area contributed by atoms with E-state index in [1.54, 1.807) is 24.3 Å². The molecule has 0 bridgehead atoms. The number of amides is 1. The van der Waals surface area contributed by atoms with E-state index in [0.717, 1.165) is 5.56 Å². The molecule has 120 valence electrons. The van der Waals surface area contributed by atoms with E-state index in [4.69, 9.17) is 51.1 Å². The number of hydrazone groups is 1. The average Bonchev–Trinajstić information content (AvgIpc) is 2.50. The van der Waals surface area contributed by atoms with E-state index in [1.165, 1.54) is 18.3 Å². The minimum absolute atomic E-state index is 0.259. The number of ether oxygens (including phenoxy) is 1. The Kier molecular flexibility index (Phi) is 6.54. The van der Waals surface area contributed by atoms with Crippen LogP contribution in [-0.4, -0.2) is 18.7 Å². The van der Waals surface area contributed by atoms with Crippen LogP contribution in [0.1, 0.15) is 5.56 Å². The van der Waals surface area contributed by atoms with Crippen molar-refractivity contribution in [3.05, 3.63) is 62.1 Å². The van der Waals surface area contributed by atoms with Gasteiger partial charge in [-0.1, -0.05) is 58.5 Å². The van der Waals surface area contributed by atoms with Crippen molar-refractivity contribution in [1.29, 1.82) is 0 Å². The second-order valence-electron chi connectivity index (χ2n) is 4.33. The van der Waals surface area contributed by atoms with Gasteiger partial charge in [0.15, 0.2) is 6.61 Å². The van der Waals surface area contributed by atoms with Gasteiger partial charge in [-0.15, -0.1) is 0 Å². The van der Waals surface area contributed by atoms with Crippen molar-refractivity contribution in [2.75, 3.05) is 6.61 Å². The number of carbonyl (C=O) groups is 1. The topological polar surface area (TPSA) is 50.7 Å². The summed E-state index contributed by atoms with van der Waals surface area (Å²) >= 11 is 23.4. The molecule has 0 atom stereocenters. The van der Waals surface area contributed by atoms with E-state index in [0.29, 0.717) is 10.0 Å². The Morgan fingerprint density at radius 3 is 2.57 bits per heavy atom. The van der Waals surface area contributed by atoms with Crippen molar-refractivity contribution in [2.45, 2.75) is 0 Å². The summed E-state index contributed by atoms with van der Waals surface area (Å²) in [6, 6.07) is 9.91. The number of hydrogen-bond donors (Lipinski definition) is 1. The molecule has 0 aliphatic heterocycles. The predicted octanol–water partition coefficient (Wildman–Crippen LogP) is 4.83. The zero-order valence-electron chi connectivity index (χ0n) is 11.5. The third-order valence-corrected chi connectivity index (χ3v) is 3.84. The standard InChI is InChI=1S/C15H10Cl4N2O2/c16-10-3-1-2-9(4-10)7-20-21-15(22)8-23-14-6-12(18)11(17)5-13(14)19/h1-7H,8H2,(H,21,22)/b20-7+. The molecule has 0 unspecified atom stereocenters. The van der Waals surface area contributed by atoms with Gasteiger partial charge in [-0.25, -0.2) is 5.43 Å². The summed E-state index contributed by atoms with van der Waals surface area (Å²) in [6.07, 6.45) is 1.47. The van der Waals surface area contributed by atoms with Crippen LogP contribution in [0, 0.1) is 0 Å². The second kappa shape index (κ2) is 8.41. The zero-order chi connectivity index (χ0) is 16.8. The predicted molar refractivity (Wildman–Crippen MR) is 94.2 cm³/mol. The Labute approximate surface area is 152 Å². The minimum atomic E-state index is -0.453. The van der Waals surface area contributed by atoms with Crippen LogP contribution in [-0.2, 0) is 4.79 Å². The highest BCUT2D eigenvalue weighted by molar-refractivity contribution is 6.43. The van der Waals surface area contributed by atoms with E-state index in [2.05, 4.69) is 10.5 Å². The van der Waals surface area contributed by atoms with Crippen LogP contribution in [0.3, 0.4) is 0 Å². The molecule has 23 heavy (non-hydrogen) atoms. The fraction of sp³-hybridized carbons (Fsp3) is 0.0667. The third kappa shape index (κ3) is 5.59. The molecule has 0 heterocycles. The van der Waals surface area contributed by atoms with Crippen molar-refractivity contribution < 1.29 is 9.53 Å². The van der Waals surface area contributed by atoms with Crippen LogP contribution >= 0.6 is 46.4 Å². The summed E-state index contributed by atoms with van der Waals surface area (Å²) in [5, 5.41) is 5.23. The lowest BCUT2D eigenvalue weighted by molar-refractivity contribution is -0.123. The molecule has 1 amide bonds. The Hall–Kier alpha value is -1.46. The first-order valence-electron chi connectivity index (χ1n) is 6.30. The highest BCUT2D eigenvalue weighted by Gasteiger charge is 2.09. The van der Waals surface area contributed by atoms with Crippen molar-refractivity contribution in [3.63, 3.8) is 0 Å². The number of benzene rings is 2. The first kappa shape index (κ1) is 17.9. The molecule has 0 aliphatic carbocycles. The molecule has 0 radical (unpaired) electrons. The molecule has 0 saturated carbocycles. The zero-order valence-corrected chi connectivity index (χ0v) is 14.5. The molecule has 2 aromatic carbocycles. The number of nitrogens with zero attached hydrogens (tertiary/aromatic N) is 1. The Balaban J connectivity index is 1.87. The van der Waals surface area contributed by atoms with Crippen LogP contribution in [0.15, 0.2) is 41.5 Å². The number of rotatable bonds is 5. The fourth-order valence-electron chi connectivity index (χ4n) is 1.56. The van der Waals surface area contributed by atoms with Crippen LogP contribution < -0.4 is 10.2 Å². The summed E-state index contributed by atoms with van der Waals surface area (Å²) in [5.41, 5.74) is 3.08. The molecule has 1 N–H and O–H groups in total. The van der Waals surface area contributed by atoms with E-state index in [9.17, 15) is 4.79 Å². The molecule has 4 nitrogen and oxygen atoms in total. The van der Waals surface area contributed by atoms with Gasteiger partial charge >= 0.3 is 0 Å². The van der Waals surface area contributed by atoms with Gasteiger partial charge in [0, 0.05) is 11.1 Å². The van der Waals surface area contributed by atoms with Gasteiger partial charge in [0.05, 0.1) is 21.3 Å². The van der Waals surface area contributed by atoms with Gasteiger partial charge in [-0.2, -0.15) is 5.10 Å². The fourth-order valence-corrected chi connectivity index (χ4v) is 2.35. The lowest BCUT2D eigenvalue weighted by atomic mass is 10.2. The molecule has 0 aromatic heterocycles. The maximum atomic E-state index is 11.7. The molecule has 0 spiro atoms. The smallest absolute Gasteiger partial charge is 0.277 e. The monoisotopic (exact) mass is 390 g/mol. The SMILES string of the molecule is O=C(COc1cc(Cl)c(Cl)cc1Cl)N/N=C/c1cccc(Cl)c1. The summed E-state index contributed by atoms with van der Waals surface area (Å²) in [7, 11) is 0. The maximum Gasteiger partial charge on any atom is 0.277 e. The van der Waals surface area contributed by atoms with E-state index >= 15 is 0 Å². The van der Waals surface area contributed by atoms with E-state index in [-0.39, 0.29) is 22.4 Å². The van der Waals surface area contributed by atoms with Crippen LogP contribution in [0.4, 0.5) is 0 Å². The van der Waals surface area contributed by atoms with Gasteiger partial charge < -0.3 is 4.74 Å². The Bertz CT molecular complexity index is 750. The molecule has 2 aromatic rings. The number of carbonyl (C=O) groups excluding carboxylic acids is 1. The van der Waals surface area contributed by atoms with Gasteiger partial charge in [-0.3, -0.25) is 4.79 Å². The van der Waals surface area contributed by atoms with Gasteiger partial charge in [0.25, 0.3) is 5.91 Å². The Morgan fingerprint density at radius 1 is 1.09 bits per heavy atom. The number of halogens is 4. The first-order chi connectivity index (χ1) is 11.0. The van der Waals surface area contributed by atoms with Gasteiger partial charge in [0.1, 0.15) is 5.75 Å². The summed E-state index contributed by atoms with van der Waals surface area (Å²) < 4.78 is 5.27. The van der Waals surface area contributed by atoms with Crippen molar-refractivity contribution in [1.82, 2.24) is 5.43 Å². The summed E-state index contributed by atoms with van der Waals surface area (Å²) in [5.74, 6) is -0.194. The lowest BCUT2D eigenvalue weighted by Gasteiger charge is -2.08. The first-order valence-corrected chi connectivity index (χ1v) is 7.81. The van der Waals surface area contributed by atoms with Gasteiger partial charge in [0.2, 0.25) is 0 Å². The maximum absolute atomic E-state index is 11.7. The normalized spacial score (nSPS) is 10.8. The molecule has 0 fully saturated rings.